The molecular weight excluding hydrogens is 192 g/mol. The van der Waals surface area contributed by atoms with Crippen molar-refractivity contribution in [2.45, 2.75) is 0 Å². The maximum absolute atomic E-state index is 5.54. The molecule has 2 rings (SSSR count). The highest BCUT2D eigenvalue weighted by atomic mass is 16.5. The normalized spacial score (nSPS) is 9.87. The van der Waals surface area contributed by atoms with Crippen molar-refractivity contribution in [3.63, 3.8) is 0 Å². The van der Waals surface area contributed by atoms with Crippen molar-refractivity contribution >= 4 is 11.5 Å². The predicted octanol–water partition coefficient (Wildman–Crippen LogP) is 1.43. The van der Waals surface area contributed by atoms with Crippen LogP contribution in [0.5, 0.6) is 11.6 Å². The summed E-state index contributed by atoms with van der Waals surface area (Å²) >= 11 is 0. The van der Waals surface area contributed by atoms with Gasteiger partial charge in [-0.05, 0) is 30.3 Å². The molecule has 0 aliphatic carbocycles. The Morgan fingerprint density at radius 1 is 0.867 bits per heavy atom. The molecule has 0 atom stereocenters. The van der Waals surface area contributed by atoms with Gasteiger partial charge < -0.3 is 16.2 Å². The van der Waals surface area contributed by atoms with E-state index >= 15 is 0 Å². The second kappa shape index (κ2) is 3.83. The van der Waals surface area contributed by atoms with Gasteiger partial charge in [-0.2, -0.15) is 0 Å². The summed E-state index contributed by atoms with van der Waals surface area (Å²) in [5.74, 6) is 1.41. The largest absolute Gasteiger partial charge is 0.438 e. The summed E-state index contributed by atoms with van der Waals surface area (Å²) in [5.41, 5.74) is 11.6. The predicted molar refractivity (Wildman–Crippen MR) is 57.4 cm³/mol. The van der Waals surface area contributed by atoms with Crippen LogP contribution in [-0.4, -0.2) is 10.2 Å². The molecule has 0 amide bonds. The van der Waals surface area contributed by atoms with Crippen LogP contribution < -0.4 is 16.2 Å². The third-order valence-corrected chi connectivity index (χ3v) is 1.76. The van der Waals surface area contributed by atoms with E-state index in [1.165, 1.54) is 0 Å². The van der Waals surface area contributed by atoms with Gasteiger partial charge in [-0.1, -0.05) is 0 Å². The molecule has 1 heterocycles. The van der Waals surface area contributed by atoms with Crippen LogP contribution in [0.1, 0.15) is 0 Å². The van der Waals surface area contributed by atoms with Crippen LogP contribution >= 0.6 is 0 Å². The van der Waals surface area contributed by atoms with E-state index in [1.807, 2.05) is 0 Å². The van der Waals surface area contributed by atoms with E-state index in [2.05, 4.69) is 10.2 Å². The van der Waals surface area contributed by atoms with Gasteiger partial charge in [-0.25, -0.2) is 0 Å². The van der Waals surface area contributed by atoms with Crippen molar-refractivity contribution in [1.82, 2.24) is 10.2 Å². The van der Waals surface area contributed by atoms with Gasteiger partial charge in [-0.3, -0.25) is 0 Å². The lowest BCUT2D eigenvalue weighted by atomic mass is 10.3. The molecule has 0 saturated heterocycles. The van der Waals surface area contributed by atoms with Gasteiger partial charge in [-0.15, -0.1) is 10.2 Å². The minimum Gasteiger partial charge on any atom is -0.438 e. The summed E-state index contributed by atoms with van der Waals surface area (Å²) in [5, 5.41) is 7.44. The van der Waals surface area contributed by atoms with E-state index < -0.39 is 0 Å². The average Bonchev–Trinajstić information content (AvgIpc) is 2.25. The second-order valence-electron chi connectivity index (χ2n) is 2.97. The molecule has 0 fully saturated rings. The zero-order chi connectivity index (χ0) is 10.7. The highest BCUT2D eigenvalue weighted by Crippen LogP contribution is 2.19. The summed E-state index contributed by atoms with van der Waals surface area (Å²) in [6, 6.07) is 10.3. The lowest BCUT2D eigenvalue weighted by Gasteiger charge is -2.03. The number of nitrogens with two attached hydrogens (primary N) is 2. The van der Waals surface area contributed by atoms with Gasteiger partial charge >= 0.3 is 0 Å². The number of nitrogen functional groups attached to an aromatic ring is 2. The fraction of sp³-hybridized carbons (Fsp3) is 0. The summed E-state index contributed by atoms with van der Waals surface area (Å²) in [6.45, 7) is 0. The van der Waals surface area contributed by atoms with Gasteiger partial charge in [0, 0.05) is 11.8 Å². The molecular formula is C10H10N4O. The van der Waals surface area contributed by atoms with Crippen LogP contribution in [0, 0.1) is 0 Å². The van der Waals surface area contributed by atoms with Gasteiger partial charge in [0.05, 0.1) is 0 Å². The zero-order valence-corrected chi connectivity index (χ0v) is 7.92. The third-order valence-electron chi connectivity index (χ3n) is 1.76. The molecule has 1 aromatic carbocycles. The minimum absolute atomic E-state index is 0.361. The number of rotatable bonds is 2. The number of ether oxygens (including phenoxy) is 1. The van der Waals surface area contributed by atoms with E-state index in [4.69, 9.17) is 16.2 Å². The first-order valence-electron chi connectivity index (χ1n) is 4.36. The summed E-state index contributed by atoms with van der Waals surface area (Å²) in [7, 11) is 0. The fourth-order valence-corrected chi connectivity index (χ4v) is 1.04. The first-order valence-corrected chi connectivity index (χ1v) is 4.36. The summed E-state index contributed by atoms with van der Waals surface area (Å²) in [6.07, 6.45) is 0. The Morgan fingerprint density at radius 3 is 2.20 bits per heavy atom. The topological polar surface area (TPSA) is 87.0 Å². The van der Waals surface area contributed by atoms with Crippen molar-refractivity contribution in [2.75, 3.05) is 11.5 Å². The fourth-order valence-electron chi connectivity index (χ4n) is 1.04. The Kier molecular flexibility index (Phi) is 2.37. The number of anilines is 2. The van der Waals surface area contributed by atoms with E-state index in [-0.39, 0.29) is 0 Å². The number of aromatic nitrogens is 2. The molecule has 4 N–H and O–H groups in total. The van der Waals surface area contributed by atoms with Crippen LogP contribution in [0.3, 0.4) is 0 Å². The first-order chi connectivity index (χ1) is 7.24. The van der Waals surface area contributed by atoms with Gasteiger partial charge in [0.15, 0.2) is 0 Å². The van der Waals surface area contributed by atoms with Crippen LogP contribution in [0.4, 0.5) is 11.5 Å². The lowest BCUT2D eigenvalue weighted by Crippen LogP contribution is -1.94. The van der Waals surface area contributed by atoms with Gasteiger partial charge in [0.2, 0.25) is 5.88 Å². The second-order valence-corrected chi connectivity index (χ2v) is 2.97. The maximum atomic E-state index is 5.54. The molecule has 2 aromatic rings. The maximum Gasteiger partial charge on any atom is 0.238 e. The molecule has 5 nitrogen and oxygen atoms in total. The van der Waals surface area contributed by atoms with Gasteiger partial charge in [0.1, 0.15) is 11.6 Å². The van der Waals surface area contributed by atoms with Gasteiger partial charge in [0.25, 0.3) is 0 Å². The molecule has 0 unspecified atom stereocenters. The first kappa shape index (κ1) is 9.26. The van der Waals surface area contributed by atoms with E-state index in [0.29, 0.717) is 23.1 Å². The highest BCUT2D eigenvalue weighted by molar-refractivity contribution is 5.42. The van der Waals surface area contributed by atoms with E-state index in [1.54, 1.807) is 36.4 Å². The average molecular weight is 202 g/mol. The van der Waals surface area contributed by atoms with Crippen molar-refractivity contribution in [3.8, 4) is 11.6 Å². The molecule has 1 aromatic heterocycles. The van der Waals surface area contributed by atoms with Crippen molar-refractivity contribution in [2.24, 2.45) is 0 Å². The summed E-state index contributed by atoms with van der Waals surface area (Å²) < 4.78 is 5.40. The number of nitrogens with zero attached hydrogens (tertiary/aromatic N) is 2. The summed E-state index contributed by atoms with van der Waals surface area (Å²) in [4.78, 5) is 0. The standard InChI is InChI=1S/C10H10N4O/c11-7-1-3-8(4-2-7)15-10-6-5-9(12)13-14-10/h1-6H,11H2,(H2,12,13). The highest BCUT2D eigenvalue weighted by Gasteiger charge is 1.98. The molecule has 0 aliphatic rings. The monoisotopic (exact) mass is 202 g/mol. The minimum atomic E-state index is 0.361. The smallest absolute Gasteiger partial charge is 0.238 e. The van der Waals surface area contributed by atoms with Crippen LogP contribution in [0.15, 0.2) is 36.4 Å². The Hall–Kier alpha value is -2.30. The Bertz CT molecular complexity index is 394. The number of benzene rings is 1. The molecule has 0 saturated carbocycles. The number of hydrogen-bond acceptors (Lipinski definition) is 5. The quantitative estimate of drug-likeness (QED) is 0.719. The molecule has 76 valence electrons. The third kappa shape index (κ3) is 2.34. The zero-order valence-electron chi connectivity index (χ0n) is 7.92. The Morgan fingerprint density at radius 2 is 1.60 bits per heavy atom. The number of hydrogen-bond donors (Lipinski definition) is 2. The van der Waals surface area contributed by atoms with E-state index in [9.17, 15) is 0 Å². The van der Waals surface area contributed by atoms with Crippen LogP contribution in [0.2, 0.25) is 0 Å². The Labute approximate surface area is 86.7 Å². The molecule has 0 spiro atoms. The van der Waals surface area contributed by atoms with Crippen LogP contribution in [0.25, 0.3) is 0 Å². The SMILES string of the molecule is Nc1ccc(Oc2ccc(N)nn2)cc1. The lowest BCUT2D eigenvalue weighted by molar-refractivity contribution is 0.456. The van der Waals surface area contributed by atoms with E-state index in [0.717, 1.165) is 0 Å². The molecule has 0 aliphatic heterocycles. The Balaban J connectivity index is 2.15. The van der Waals surface area contributed by atoms with Crippen molar-refractivity contribution in [3.05, 3.63) is 36.4 Å². The molecule has 0 bridgehead atoms. The van der Waals surface area contributed by atoms with Crippen molar-refractivity contribution in [1.29, 1.82) is 0 Å². The molecule has 15 heavy (non-hydrogen) atoms. The molecule has 0 radical (unpaired) electrons. The molecule has 5 heteroatoms. The van der Waals surface area contributed by atoms with Crippen LogP contribution in [-0.2, 0) is 0 Å². The van der Waals surface area contributed by atoms with Crippen molar-refractivity contribution < 1.29 is 4.74 Å².